The van der Waals surface area contributed by atoms with E-state index in [0.29, 0.717) is 23.6 Å². The number of nitrogens with one attached hydrogen (secondary N) is 1. The molecule has 0 aliphatic carbocycles. The highest BCUT2D eigenvalue weighted by Gasteiger charge is 2.17. The van der Waals surface area contributed by atoms with E-state index in [1.165, 1.54) is 29.2 Å². The lowest BCUT2D eigenvalue weighted by Gasteiger charge is -2.16. The minimum absolute atomic E-state index is 0.0935. The van der Waals surface area contributed by atoms with Crippen molar-refractivity contribution in [3.8, 4) is 0 Å². The molecule has 0 saturated heterocycles. The molecule has 2 aromatic carbocycles. The Bertz CT molecular complexity index is 1070. The number of anilines is 1. The molecule has 1 N–H and O–H groups in total. The van der Waals surface area contributed by atoms with Gasteiger partial charge in [-0.3, -0.25) is 9.52 Å². The second-order valence-electron chi connectivity index (χ2n) is 6.67. The summed E-state index contributed by atoms with van der Waals surface area (Å²) in [6.07, 6.45) is 1.55. The van der Waals surface area contributed by atoms with E-state index >= 15 is 0 Å². The Morgan fingerprint density at radius 1 is 1.04 bits per heavy atom. The van der Waals surface area contributed by atoms with Crippen LogP contribution in [-0.2, 0) is 16.6 Å². The Labute approximate surface area is 164 Å². The first-order chi connectivity index (χ1) is 13.3. The van der Waals surface area contributed by atoms with Gasteiger partial charge >= 0.3 is 0 Å². The fourth-order valence-corrected chi connectivity index (χ4v) is 3.77. The Balaban J connectivity index is 1.73. The number of nitrogens with zero attached hydrogens (tertiary/aromatic N) is 1. The number of sulfonamides is 1. The van der Waals surface area contributed by atoms with E-state index in [1.807, 2.05) is 19.9 Å². The van der Waals surface area contributed by atoms with Crippen molar-refractivity contribution in [1.29, 1.82) is 0 Å². The molecule has 3 aromatic rings. The fraction of sp³-hybridized carbons (Fsp3) is 0.190. The third-order valence-corrected chi connectivity index (χ3v) is 5.89. The van der Waals surface area contributed by atoms with E-state index in [4.69, 9.17) is 4.42 Å². The quantitative estimate of drug-likeness (QED) is 0.681. The lowest BCUT2D eigenvalue weighted by molar-refractivity contribution is 0.0775. The van der Waals surface area contributed by atoms with Gasteiger partial charge in [0.25, 0.3) is 15.9 Å². The van der Waals surface area contributed by atoms with E-state index in [1.54, 1.807) is 37.6 Å². The molecule has 0 unspecified atom stereocenters. The number of benzene rings is 2. The molecule has 1 aromatic heterocycles. The van der Waals surface area contributed by atoms with Crippen LogP contribution in [0.25, 0.3) is 0 Å². The van der Waals surface area contributed by atoms with Gasteiger partial charge in [0.2, 0.25) is 0 Å². The van der Waals surface area contributed by atoms with Crippen LogP contribution in [0.3, 0.4) is 0 Å². The third kappa shape index (κ3) is 4.43. The summed E-state index contributed by atoms with van der Waals surface area (Å²) in [7, 11) is -2.07. The summed E-state index contributed by atoms with van der Waals surface area (Å²) in [6.45, 7) is 4.22. The maximum absolute atomic E-state index is 12.6. The van der Waals surface area contributed by atoms with E-state index in [0.717, 1.165) is 11.1 Å². The molecular weight excluding hydrogens is 376 g/mol. The lowest BCUT2D eigenvalue weighted by Crippen LogP contribution is -2.26. The molecule has 0 saturated carbocycles. The number of amides is 1. The Morgan fingerprint density at radius 3 is 2.36 bits per heavy atom. The van der Waals surface area contributed by atoms with Crippen molar-refractivity contribution in [2.45, 2.75) is 25.3 Å². The summed E-state index contributed by atoms with van der Waals surface area (Å²) >= 11 is 0. The zero-order chi connectivity index (χ0) is 20.3. The maximum atomic E-state index is 12.6. The van der Waals surface area contributed by atoms with Gasteiger partial charge in [-0.15, -0.1) is 0 Å². The van der Waals surface area contributed by atoms with Crippen LogP contribution >= 0.6 is 0 Å². The van der Waals surface area contributed by atoms with E-state index < -0.39 is 10.0 Å². The molecule has 1 amide bonds. The molecule has 6 nitrogen and oxygen atoms in total. The highest BCUT2D eigenvalue weighted by atomic mass is 32.2. The van der Waals surface area contributed by atoms with Gasteiger partial charge in [-0.05, 0) is 73.5 Å². The second-order valence-corrected chi connectivity index (χ2v) is 8.35. The predicted molar refractivity (Wildman–Crippen MR) is 108 cm³/mol. The average molecular weight is 398 g/mol. The summed E-state index contributed by atoms with van der Waals surface area (Å²) in [5.74, 6) is 0.454. The topological polar surface area (TPSA) is 79.6 Å². The Kier molecular flexibility index (Phi) is 5.56. The fourth-order valence-electron chi connectivity index (χ4n) is 2.72. The van der Waals surface area contributed by atoms with Crippen LogP contribution in [0.4, 0.5) is 5.69 Å². The molecule has 3 rings (SSSR count). The SMILES string of the molecule is Cc1ccc(NS(=O)(=O)c2ccc(C(=O)N(C)Cc3ccco3)cc2)cc1C. The van der Waals surface area contributed by atoms with Gasteiger partial charge in [-0.1, -0.05) is 6.07 Å². The highest BCUT2D eigenvalue weighted by Crippen LogP contribution is 2.20. The zero-order valence-electron chi connectivity index (χ0n) is 16.0. The predicted octanol–water partition coefficient (Wildman–Crippen LogP) is 3.97. The number of rotatable bonds is 6. The zero-order valence-corrected chi connectivity index (χ0v) is 16.8. The molecule has 146 valence electrons. The van der Waals surface area contributed by atoms with Crippen molar-refractivity contribution in [3.63, 3.8) is 0 Å². The summed E-state index contributed by atoms with van der Waals surface area (Å²) in [6, 6.07) is 14.8. The number of aryl methyl sites for hydroxylation is 2. The highest BCUT2D eigenvalue weighted by molar-refractivity contribution is 7.92. The van der Waals surface area contributed by atoms with Gasteiger partial charge in [0, 0.05) is 18.3 Å². The van der Waals surface area contributed by atoms with Gasteiger partial charge < -0.3 is 9.32 Å². The van der Waals surface area contributed by atoms with E-state index in [2.05, 4.69) is 4.72 Å². The van der Waals surface area contributed by atoms with Gasteiger partial charge in [0.15, 0.2) is 0 Å². The van der Waals surface area contributed by atoms with E-state index in [9.17, 15) is 13.2 Å². The molecule has 7 heteroatoms. The summed E-state index contributed by atoms with van der Waals surface area (Å²) in [4.78, 5) is 14.1. The molecule has 1 heterocycles. The van der Waals surface area contributed by atoms with Crippen molar-refractivity contribution in [2.24, 2.45) is 0 Å². The maximum Gasteiger partial charge on any atom is 0.261 e. The number of hydrogen-bond donors (Lipinski definition) is 1. The smallest absolute Gasteiger partial charge is 0.261 e. The van der Waals surface area contributed by atoms with Crippen LogP contribution in [-0.4, -0.2) is 26.3 Å². The number of furan rings is 1. The number of carbonyl (C=O) groups excluding carboxylic acids is 1. The molecule has 28 heavy (non-hydrogen) atoms. The lowest BCUT2D eigenvalue weighted by atomic mass is 10.1. The van der Waals surface area contributed by atoms with E-state index in [-0.39, 0.29) is 10.8 Å². The second kappa shape index (κ2) is 7.90. The standard InChI is InChI=1S/C21H22N2O4S/c1-15-6-9-18(13-16(15)2)22-28(25,26)20-10-7-17(8-11-20)21(24)23(3)14-19-5-4-12-27-19/h4-13,22H,14H2,1-3H3. The van der Waals surface area contributed by atoms with Crippen LogP contribution in [0.5, 0.6) is 0 Å². The van der Waals surface area contributed by atoms with Gasteiger partial charge in [-0.25, -0.2) is 8.42 Å². The van der Waals surface area contributed by atoms with Gasteiger partial charge in [-0.2, -0.15) is 0 Å². The van der Waals surface area contributed by atoms with Gasteiger partial charge in [0.1, 0.15) is 5.76 Å². The minimum Gasteiger partial charge on any atom is -0.467 e. The third-order valence-electron chi connectivity index (χ3n) is 4.49. The first-order valence-corrected chi connectivity index (χ1v) is 10.2. The van der Waals surface area contributed by atoms with Crippen LogP contribution < -0.4 is 4.72 Å². The van der Waals surface area contributed by atoms with Crippen LogP contribution in [0, 0.1) is 13.8 Å². The van der Waals surface area contributed by atoms with Crippen molar-refractivity contribution < 1.29 is 17.6 Å². The minimum atomic E-state index is -3.74. The van der Waals surface area contributed by atoms with Gasteiger partial charge in [0.05, 0.1) is 17.7 Å². The van der Waals surface area contributed by atoms with Crippen molar-refractivity contribution >= 4 is 21.6 Å². The molecule has 0 fully saturated rings. The first-order valence-electron chi connectivity index (χ1n) is 8.74. The molecule has 0 radical (unpaired) electrons. The largest absolute Gasteiger partial charge is 0.467 e. The Hall–Kier alpha value is -3.06. The average Bonchev–Trinajstić information content (AvgIpc) is 3.17. The summed E-state index contributed by atoms with van der Waals surface area (Å²) < 4.78 is 33.0. The molecular formula is C21H22N2O4S. The van der Waals surface area contributed by atoms with Crippen LogP contribution in [0.15, 0.2) is 70.2 Å². The molecule has 0 spiro atoms. The monoisotopic (exact) mass is 398 g/mol. The summed E-state index contributed by atoms with van der Waals surface area (Å²) in [5.41, 5.74) is 2.99. The van der Waals surface area contributed by atoms with Crippen molar-refractivity contribution in [1.82, 2.24) is 4.90 Å². The molecule has 0 aliphatic rings. The Morgan fingerprint density at radius 2 is 1.75 bits per heavy atom. The molecule has 0 aliphatic heterocycles. The molecule has 0 bridgehead atoms. The number of carbonyl (C=O) groups is 1. The van der Waals surface area contributed by atoms with Crippen molar-refractivity contribution in [2.75, 3.05) is 11.8 Å². The number of hydrogen-bond acceptors (Lipinski definition) is 4. The van der Waals surface area contributed by atoms with Crippen molar-refractivity contribution in [3.05, 3.63) is 83.3 Å². The molecule has 0 atom stereocenters. The van der Waals surface area contributed by atoms with Crippen LogP contribution in [0.2, 0.25) is 0 Å². The first kappa shape index (κ1) is 19.7. The summed E-state index contributed by atoms with van der Waals surface area (Å²) in [5, 5.41) is 0. The van der Waals surface area contributed by atoms with Crippen LogP contribution in [0.1, 0.15) is 27.2 Å². The normalized spacial score (nSPS) is 11.2.